The number of alkyl halides is 1. The van der Waals surface area contributed by atoms with Gasteiger partial charge in [-0.2, -0.15) is 0 Å². The third-order valence-corrected chi connectivity index (χ3v) is 4.18. The van der Waals surface area contributed by atoms with Gasteiger partial charge in [-0.05, 0) is 20.8 Å². The quantitative estimate of drug-likeness (QED) is 0.424. The van der Waals surface area contributed by atoms with E-state index in [1.165, 1.54) is 0 Å². The minimum atomic E-state index is -1.53. The Morgan fingerprint density at radius 2 is 1.59 bits per heavy atom. The Balaban J connectivity index is 3.36. The van der Waals surface area contributed by atoms with Gasteiger partial charge in [0.25, 0.3) is 0 Å². The van der Waals surface area contributed by atoms with Crippen molar-refractivity contribution < 1.29 is 9.18 Å². The van der Waals surface area contributed by atoms with Crippen molar-refractivity contribution in [3.8, 4) is 0 Å². The third-order valence-electron chi connectivity index (χ3n) is 4.18. The van der Waals surface area contributed by atoms with E-state index in [4.69, 9.17) is 0 Å². The molecule has 0 saturated carbocycles. The maximum atomic E-state index is 15.1. The lowest BCUT2D eigenvalue weighted by atomic mass is 9.33. The van der Waals surface area contributed by atoms with Crippen LogP contribution in [0.4, 0.5) is 9.18 Å². The molecule has 0 aromatic carbocycles. The minimum absolute atomic E-state index is 0.206. The zero-order valence-corrected chi connectivity index (χ0v) is 12.2. The number of nitrogens with zero attached hydrogens (tertiary/aromatic N) is 1. The fourth-order valence-electron chi connectivity index (χ4n) is 2.81. The molecule has 0 aromatic heterocycles. The Morgan fingerprint density at radius 3 is 1.94 bits per heavy atom. The first-order valence-electron chi connectivity index (χ1n) is 6.06. The molecular formula is C8H20B5FN2O. The number of halogens is 1. The molecule has 1 heterocycles. The lowest BCUT2D eigenvalue weighted by Crippen LogP contribution is -2.86. The van der Waals surface area contributed by atoms with E-state index in [0.29, 0.717) is 0 Å². The zero-order valence-electron chi connectivity index (χ0n) is 12.2. The molecule has 90 valence electrons. The zero-order chi connectivity index (χ0) is 13.9. The van der Waals surface area contributed by atoms with Gasteiger partial charge in [0.15, 0.2) is 7.85 Å². The molecule has 0 aromatic rings. The van der Waals surface area contributed by atoms with Crippen LogP contribution in [0.2, 0.25) is 0 Å². The van der Waals surface area contributed by atoms with Crippen molar-refractivity contribution in [2.24, 2.45) is 0 Å². The number of hydrogen-bond acceptors (Lipinski definition) is 1. The Morgan fingerprint density at radius 1 is 1.18 bits per heavy atom. The van der Waals surface area contributed by atoms with Crippen LogP contribution < -0.4 is 5.32 Å². The van der Waals surface area contributed by atoms with E-state index in [2.05, 4.69) is 5.32 Å². The average molecular weight is 233 g/mol. The Hall–Kier alpha value is -0.475. The molecule has 1 N–H and O–H groups in total. The summed E-state index contributed by atoms with van der Waals surface area (Å²) in [4.78, 5) is 13.8. The second-order valence-electron chi connectivity index (χ2n) is 7.12. The molecule has 1 saturated heterocycles. The van der Waals surface area contributed by atoms with Gasteiger partial charge in [-0.3, -0.25) is 4.39 Å². The molecule has 0 spiro atoms. The van der Waals surface area contributed by atoms with E-state index < -0.39 is 21.8 Å². The van der Waals surface area contributed by atoms with Crippen molar-refractivity contribution in [2.75, 3.05) is 0 Å². The Labute approximate surface area is 108 Å². The molecule has 2 amide bonds. The van der Waals surface area contributed by atoms with Crippen LogP contribution in [-0.4, -0.2) is 71.9 Å². The SMILES string of the molecule is BC1(B)NC(=O)N(C(C)(C)C)C(B)(B)C1(B)F. The molecule has 0 aliphatic carbocycles. The predicted octanol–water partition coefficient (Wildman–Crippen LogP) is -4.05. The summed E-state index contributed by atoms with van der Waals surface area (Å²) in [6.45, 7) is 5.76. The van der Waals surface area contributed by atoms with Gasteiger partial charge in [-0.15, -0.1) is 0 Å². The highest BCUT2D eigenvalue weighted by molar-refractivity contribution is 6.53. The summed E-state index contributed by atoms with van der Waals surface area (Å²) in [5.41, 5.74) is -1.95. The summed E-state index contributed by atoms with van der Waals surface area (Å²) in [7, 11) is 8.60. The molecule has 1 aliphatic rings. The fraction of sp³-hybridized carbons (Fsp3) is 0.875. The van der Waals surface area contributed by atoms with Gasteiger partial charge in [0.2, 0.25) is 0 Å². The van der Waals surface area contributed by atoms with Crippen molar-refractivity contribution in [3.63, 3.8) is 0 Å². The van der Waals surface area contributed by atoms with Crippen LogP contribution in [0, 0.1) is 0 Å². The molecule has 1 aliphatic heterocycles. The molecule has 1 rings (SSSR count). The van der Waals surface area contributed by atoms with Crippen LogP contribution >= 0.6 is 0 Å². The Bertz CT molecular complexity index is 352. The molecule has 1 fully saturated rings. The molecule has 9 heteroatoms. The topological polar surface area (TPSA) is 32.3 Å². The first-order valence-corrected chi connectivity index (χ1v) is 6.06. The van der Waals surface area contributed by atoms with Crippen LogP contribution in [-0.2, 0) is 0 Å². The standard InChI is InChI=1S/C8H20B5FN2O/c1-5(2,3)16-4(17)15-7(10,11)6(9,14)8(16,12)13/h9-13H2,1-3H3,(H,15,17). The van der Waals surface area contributed by atoms with Gasteiger partial charge < -0.3 is 10.2 Å². The highest BCUT2D eigenvalue weighted by atomic mass is 19.1. The van der Waals surface area contributed by atoms with Crippen LogP contribution in [0.3, 0.4) is 0 Å². The molecule has 1 atom stereocenters. The summed E-state index contributed by atoms with van der Waals surface area (Å²) in [5.74, 6) is 0. The van der Waals surface area contributed by atoms with Gasteiger partial charge in [-0.1, -0.05) is 0 Å². The van der Waals surface area contributed by atoms with Crippen LogP contribution in [0.15, 0.2) is 0 Å². The van der Waals surface area contributed by atoms with Gasteiger partial charge in [-0.25, -0.2) is 4.79 Å². The molecular weight excluding hydrogens is 213 g/mol. The number of carbonyl (C=O) groups is 1. The van der Waals surface area contributed by atoms with Gasteiger partial charge in [0.1, 0.15) is 31.4 Å². The molecule has 0 radical (unpaired) electrons. The lowest BCUT2D eigenvalue weighted by Gasteiger charge is -2.62. The van der Waals surface area contributed by atoms with E-state index in [1.54, 1.807) is 44.1 Å². The first kappa shape index (κ1) is 14.6. The maximum absolute atomic E-state index is 15.1. The average Bonchev–Trinajstić information content (AvgIpc) is 1.95. The fourth-order valence-corrected chi connectivity index (χ4v) is 2.81. The van der Waals surface area contributed by atoms with Crippen molar-refractivity contribution in [3.05, 3.63) is 0 Å². The molecule has 17 heavy (non-hydrogen) atoms. The van der Waals surface area contributed by atoms with Crippen molar-refractivity contribution in [2.45, 2.75) is 42.6 Å². The van der Waals surface area contributed by atoms with Gasteiger partial charge in [0.05, 0.1) is 5.57 Å². The largest absolute Gasteiger partial charge is 0.346 e. The molecule has 0 bridgehead atoms. The van der Waals surface area contributed by atoms with Crippen LogP contribution in [0.5, 0.6) is 0 Å². The van der Waals surface area contributed by atoms with Gasteiger partial charge in [0, 0.05) is 16.2 Å². The molecule has 1 unspecified atom stereocenters. The Kier molecular flexibility index (Phi) is 3.02. The van der Waals surface area contributed by atoms with Crippen molar-refractivity contribution in [1.29, 1.82) is 0 Å². The van der Waals surface area contributed by atoms with Crippen LogP contribution in [0.1, 0.15) is 20.8 Å². The number of hydrogen-bond donors (Lipinski definition) is 1. The number of carbonyl (C=O) groups excluding carboxylic acids is 1. The number of amides is 2. The highest BCUT2D eigenvalue weighted by Gasteiger charge is 2.61. The monoisotopic (exact) mass is 234 g/mol. The smallest absolute Gasteiger partial charge is 0.316 e. The number of rotatable bonds is 0. The van der Waals surface area contributed by atoms with E-state index >= 15 is 4.39 Å². The number of nitrogens with one attached hydrogen (secondary N) is 1. The highest BCUT2D eigenvalue weighted by Crippen LogP contribution is 2.39. The van der Waals surface area contributed by atoms with E-state index in [-0.39, 0.29) is 6.03 Å². The third kappa shape index (κ3) is 1.91. The van der Waals surface area contributed by atoms with Crippen molar-refractivity contribution >= 4 is 45.3 Å². The van der Waals surface area contributed by atoms with Gasteiger partial charge >= 0.3 is 6.03 Å². The molecule has 3 nitrogen and oxygen atoms in total. The summed E-state index contributed by atoms with van der Waals surface area (Å²) in [5, 5.41) is 1.03. The lowest BCUT2D eigenvalue weighted by molar-refractivity contribution is 0.0239. The van der Waals surface area contributed by atoms with Crippen molar-refractivity contribution in [1.82, 2.24) is 10.2 Å². The second-order valence-corrected chi connectivity index (χ2v) is 7.12. The maximum Gasteiger partial charge on any atom is 0.316 e. The summed E-state index contributed by atoms with van der Waals surface area (Å²) >= 11 is 0. The first-order chi connectivity index (χ1) is 7.25. The van der Waals surface area contributed by atoms with Crippen LogP contribution in [0.25, 0.3) is 0 Å². The summed E-state index contributed by atoms with van der Waals surface area (Å²) in [6, 6.07) is -0.206. The summed E-state index contributed by atoms with van der Waals surface area (Å²) in [6.07, 6.45) is 0. The summed E-state index contributed by atoms with van der Waals surface area (Å²) < 4.78 is 15.1. The normalized spacial score (nSPS) is 32.0. The van der Waals surface area contributed by atoms with E-state index in [0.717, 1.165) is 0 Å². The van der Waals surface area contributed by atoms with E-state index in [9.17, 15) is 4.79 Å². The predicted molar refractivity (Wildman–Crippen MR) is 82.1 cm³/mol. The minimum Gasteiger partial charge on any atom is -0.346 e. The van der Waals surface area contributed by atoms with E-state index in [1.807, 2.05) is 20.8 Å². The number of urea groups is 1. The second kappa shape index (κ2) is 3.52.